The van der Waals surface area contributed by atoms with E-state index in [4.69, 9.17) is 0 Å². The molecule has 6 aliphatic rings. The van der Waals surface area contributed by atoms with Crippen LogP contribution in [0.5, 0.6) is 0 Å². The van der Waals surface area contributed by atoms with Crippen molar-refractivity contribution in [3.8, 4) is 0 Å². The Morgan fingerprint density at radius 2 is 1.20 bits per heavy atom. The van der Waals surface area contributed by atoms with Crippen LogP contribution in [-0.2, 0) is 0 Å². The quantitative estimate of drug-likeness (QED) is 0.293. The lowest BCUT2D eigenvalue weighted by Gasteiger charge is -2.38. The molecule has 0 heteroatoms. The SMILES string of the molecule is C1=CCC(C2C=C(c3ccccc3)C=C(C3=c4ccccc4=C(C4=c5ccccc5=C5C=CC=CC5C4)C4C=CC=CC34)C2)C=C1. The van der Waals surface area contributed by atoms with Crippen LogP contribution < -0.4 is 20.9 Å². The molecule has 0 spiro atoms. The molecule has 0 aliphatic heterocycles. The van der Waals surface area contributed by atoms with Gasteiger partial charge < -0.3 is 0 Å². The van der Waals surface area contributed by atoms with Crippen LogP contribution in [0.3, 0.4) is 0 Å². The molecule has 3 aromatic carbocycles. The van der Waals surface area contributed by atoms with E-state index < -0.39 is 0 Å². The van der Waals surface area contributed by atoms with Gasteiger partial charge >= 0.3 is 0 Å². The fraction of sp³-hybridized carbons (Fsp3) is 0.174. The first-order valence-corrected chi connectivity index (χ1v) is 17.0. The highest BCUT2D eigenvalue weighted by atomic mass is 14.4. The van der Waals surface area contributed by atoms with Crippen molar-refractivity contribution in [2.45, 2.75) is 19.3 Å². The zero-order valence-corrected chi connectivity index (χ0v) is 26.1. The monoisotopic (exact) mass is 590 g/mol. The van der Waals surface area contributed by atoms with Gasteiger partial charge in [-0.15, -0.1) is 0 Å². The Bertz CT molecular complexity index is 2240. The van der Waals surface area contributed by atoms with E-state index >= 15 is 0 Å². The summed E-state index contributed by atoms with van der Waals surface area (Å²) >= 11 is 0. The number of benzene rings is 3. The lowest BCUT2D eigenvalue weighted by atomic mass is 9.65. The standard InChI is InChI=1S/C46H38/c1-3-15-31(16-4-1)34-27-35(32-17-5-2-6-18-32)29-36(28-34)45-40-23-11-13-25-42(40)46(43-26-14-12-24-41(43)45)44-30-33-19-7-8-20-37(33)38-21-9-10-22-39(38)44/h1-17,19-28,32-33,35,40,42H,18,29-30H2. The van der Waals surface area contributed by atoms with Gasteiger partial charge in [0.05, 0.1) is 0 Å². The predicted molar refractivity (Wildman–Crippen MR) is 194 cm³/mol. The number of fused-ring (bicyclic) bond motifs is 4. The molecule has 46 heavy (non-hydrogen) atoms. The average Bonchev–Trinajstić information content (AvgIpc) is 3.14. The van der Waals surface area contributed by atoms with Gasteiger partial charge in [0.15, 0.2) is 0 Å². The van der Waals surface area contributed by atoms with Crippen molar-refractivity contribution in [2.75, 3.05) is 0 Å². The zero-order chi connectivity index (χ0) is 30.5. The minimum Gasteiger partial charge on any atom is -0.0839 e. The van der Waals surface area contributed by atoms with E-state index in [9.17, 15) is 0 Å². The van der Waals surface area contributed by atoms with E-state index in [2.05, 4.69) is 164 Å². The third kappa shape index (κ3) is 4.59. The number of allylic oxidation sites excluding steroid dienone is 16. The van der Waals surface area contributed by atoms with Crippen LogP contribution >= 0.6 is 0 Å². The molecule has 0 radical (unpaired) electrons. The minimum absolute atomic E-state index is 0.297. The number of hydrogen-bond donors (Lipinski definition) is 0. The Morgan fingerprint density at radius 3 is 1.98 bits per heavy atom. The van der Waals surface area contributed by atoms with Gasteiger partial charge in [0.2, 0.25) is 0 Å². The molecule has 3 aromatic rings. The molecule has 222 valence electrons. The summed E-state index contributed by atoms with van der Waals surface area (Å²) in [6.07, 6.45) is 36.2. The van der Waals surface area contributed by atoms with Crippen molar-refractivity contribution in [1.82, 2.24) is 0 Å². The van der Waals surface area contributed by atoms with E-state index in [0.29, 0.717) is 29.6 Å². The van der Waals surface area contributed by atoms with Crippen LogP contribution in [0, 0.1) is 29.6 Å². The maximum absolute atomic E-state index is 2.56. The molecular weight excluding hydrogens is 553 g/mol. The summed E-state index contributed by atoms with van der Waals surface area (Å²) in [5, 5.41) is 5.63. The molecule has 0 nitrogen and oxygen atoms in total. The second kappa shape index (κ2) is 11.5. The summed E-state index contributed by atoms with van der Waals surface area (Å²) in [5.41, 5.74) is 10.2. The molecule has 0 saturated heterocycles. The summed E-state index contributed by atoms with van der Waals surface area (Å²) in [6, 6.07) is 29.5. The predicted octanol–water partition coefficient (Wildman–Crippen LogP) is 7.67. The molecule has 0 bridgehead atoms. The molecule has 0 fully saturated rings. The molecule has 0 amide bonds. The fourth-order valence-corrected chi connectivity index (χ4v) is 8.88. The number of hydrogen-bond acceptors (Lipinski definition) is 0. The Labute approximate surface area is 271 Å². The van der Waals surface area contributed by atoms with Crippen molar-refractivity contribution in [3.05, 3.63) is 196 Å². The maximum atomic E-state index is 2.56. The van der Waals surface area contributed by atoms with Crippen LogP contribution in [0.2, 0.25) is 0 Å². The van der Waals surface area contributed by atoms with Gasteiger partial charge in [-0.05, 0) is 91.0 Å². The summed E-state index contributed by atoms with van der Waals surface area (Å²) in [5.74, 6) is 1.99. The lowest BCUT2D eigenvalue weighted by Crippen LogP contribution is -2.44. The molecule has 6 aliphatic carbocycles. The van der Waals surface area contributed by atoms with Crippen molar-refractivity contribution in [2.24, 2.45) is 29.6 Å². The highest BCUT2D eigenvalue weighted by molar-refractivity contribution is 5.96. The van der Waals surface area contributed by atoms with E-state index in [0.717, 1.165) is 19.3 Å². The molecule has 0 N–H and O–H groups in total. The summed E-state index contributed by atoms with van der Waals surface area (Å²) in [7, 11) is 0. The van der Waals surface area contributed by atoms with Gasteiger partial charge in [-0.3, -0.25) is 0 Å². The minimum atomic E-state index is 0.297. The first-order valence-electron chi connectivity index (χ1n) is 17.0. The highest BCUT2D eigenvalue weighted by Crippen LogP contribution is 2.47. The van der Waals surface area contributed by atoms with Crippen molar-refractivity contribution in [3.63, 3.8) is 0 Å². The fourth-order valence-electron chi connectivity index (χ4n) is 8.88. The van der Waals surface area contributed by atoms with Crippen LogP contribution in [0.15, 0.2) is 170 Å². The van der Waals surface area contributed by atoms with Gasteiger partial charge in [0.1, 0.15) is 0 Å². The topological polar surface area (TPSA) is 0 Å². The molecular formula is C46H38. The highest BCUT2D eigenvalue weighted by Gasteiger charge is 2.36. The second-order valence-corrected chi connectivity index (χ2v) is 13.5. The van der Waals surface area contributed by atoms with Crippen LogP contribution in [-0.4, -0.2) is 0 Å². The first kappa shape index (κ1) is 27.4. The Hall–Kier alpha value is -4.94. The van der Waals surface area contributed by atoms with E-state index in [1.807, 2.05) is 0 Å². The lowest BCUT2D eigenvalue weighted by molar-refractivity contribution is 0.471. The summed E-state index contributed by atoms with van der Waals surface area (Å²) in [4.78, 5) is 0. The molecule has 9 rings (SSSR count). The van der Waals surface area contributed by atoms with Gasteiger partial charge in [0.25, 0.3) is 0 Å². The van der Waals surface area contributed by atoms with E-state index in [-0.39, 0.29) is 0 Å². The smallest absolute Gasteiger partial charge is 0.0134 e. The molecule has 0 saturated carbocycles. The third-order valence-corrected chi connectivity index (χ3v) is 10.9. The van der Waals surface area contributed by atoms with Gasteiger partial charge in [0, 0.05) is 17.8 Å². The van der Waals surface area contributed by atoms with Crippen molar-refractivity contribution < 1.29 is 0 Å². The summed E-state index contributed by atoms with van der Waals surface area (Å²) in [6.45, 7) is 0. The normalized spacial score (nSPS) is 27.1. The first-order chi connectivity index (χ1) is 22.8. The molecule has 0 heterocycles. The summed E-state index contributed by atoms with van der Waals surface area (Å²) < 4.78 is 0. The van der Waals surface area contributed by atoms with Crippen LogP contribution in [0.25, 0.3) is 27.9 Å². The van der Waals surface area contributed by atoms with E-state index in [1.54, 1.807) is 0 Å². The van der Waals surface area contributed by atoms with Crippen molar-refractivity contribution >= 4 is 27.9 Å². The van der Waals surface area contributed by atoms with Gasteiger partial charge in [-0.2, -0.15) is 0 Å². The average molecular weight is 591 g/mol. The van der Waals surface area contributed by atoms with Crippen molar-refractivity contribution in [1.29, 1.82) is 0 Å². The Kier molecular flexibility index (Phi) is 6.81. The largest absolute Gasteiger partial charge is 0.0839 e. The van der Waals surface area contributed by atoms with Gasteiger partial charge in [-0.25, -0.2) is 0 Å². The third-order valence-electron chi connectivity index (χ3n) is 10.9. The van der Waals surface area contributed by atoms with Crippen LogP contribution in [0.1, 0.15) is 24.8 Å². The number of rotatable bonds is 4. The Morgan fingerprint density at radius 1 is 0.522 bits per heavy atom. The van der Waals surface area contributed by atoms with Gasteiger partial charge in [-0.1, -0.05) is 164 Å². The molecule has 5 unspecified atom stereocenters. The Balaban J connectivity index is 1.32. The molecule has 0 aromatic heterocycles. The molecule has 5 atom stereocenters. The maximum Gasteiger partial charge on any atom is 0.0134 e. The second-order valence-electron chi connectivity index (χ2n) is 13.5. The van der Waals surface area contributed by atoms with E-state index in [1.165, 1.54) is 59.9 Å². The van der Waals surface area contributed by atoms with Crippen LogP contribution in [0.4, 0.5) is 0 Å². The zero-order valence-electron chi connectivity index (χ0n) is 26.1.